The molecule has 8 heteroatoms. The van der Waals surface area contributed by atoms with Gasteiger partial charge in [0, 0.05) is 30.9 Å². The fraction of sp³-hybridized carbons (Fsp3) is 0.222. The van der Waals surface area contributed by atoms with Gasteiger partial charge in [-0.25, -0.2) is 4.90 Å². The lowest BCUT2D eigenvalue weighted by Gasteiger charge is -2.45. The molecule has 0 spiro atoms. The van der Waals surface area contributed by atoms with E-state index in [1.807, 2.05) is 36.4 Å². The molecule has 3 aliphatic carbocycles. The van der Waals surface area contributed by atoms with Crippen molar-refractivity contribution in [1.82, 2.24) is 0 Å². The molecule has 44 heavy (non-hydrogen) atoms. The van der Waals surface area contributed by atoms with E-state index in [2.05, 4.69) is 24.3 Å². The summed E-state index contributed by atoms with van der Waals surface area (Å²) in [7, 11) is 1.53. The number of amides is 3. The van der Waals surface area contributed by atoms with Crippen molar-refractivity contribution >= 4 is 35.1 Å². The minimum Gasteiger partial charge on any atom is -0.495 e. The predicted octanol–water partition coefficient (Wildman–Crippen LogP) is 5.05. The molecule has 0 radical (unpaired) electrons. The van der Waals surface area contributed by atoms with E-state index in [4.69, 9.17) is 9.47 Å². The topological polar surface area (TPSA) is 93.2 Å². The molecule has 2 aliphatic heterocycles. The number of methoxy groups -OCH3 is 1. The molecule has 9 rings (SSSR count). The Balaban J connectivity index is 1.06. The van der Waals surface area contributed by atoms with Crippen LogP contribution in [0.25, 0.3) is 0 Å². The molecule has 3 atom stereocenters. The number of para-hydroxylation sites is 2. The van der Waals surface area contributed by atoms with Gasteiger partial charge in [-0.15, -0.1) is 0 Å². The lowest BCUT2D eigenvalue weighted by molar-refractivity contribution is -0.139. The molecular weight excluding hydrogens is 556 g/mol. The Labute approximate surface area is 253 Å². The van der Waals surface area contributed by atoms with Gasteiger partial charge < -0.3 is 14.4 Å². The number of anilines is 2. The number of hydrogen-bond donors (Lipinski definition) is 0. The van der Waals surface area contributed by atoms with Gasteiger partial charge >= 0.3 is 5.97 Å². The first-order valence-electron chi connectivity index (χ1n) is 14.8. The van der Waals surface area contributed by atoms with Crippen LogP contribution in [0.1, 0.15) is 40.5 Å². The summed E-state index contributed by atoms with van der Waals surface area (Å²) < 4.78 is 11.1. The van der Waals surface area contributed by atoms with Crippen LogP contribution in [0, 0.1) is 17.8 Å². The molecule has 2 fully saturated rings. The van der Waals surface area contributed by atoms with Crippen LogP contribution < -0.4 is 19.3 Å². The zero-order valence-electron chi connectivity index (χ0n) is 23.9. The van der Waals surface area contributed by atoms with E-state index < -0.39 is 23.7 Å². The van der Waals surface area contributed by atoms with Crippen LogP contribution in [0.3, 0.4) is 0 Å². The number of rotatable bonds is 5. The predicted molar refractivity (Wildman–Crippen MR) is 162 cm³/mol. The van der Waals surface area contributed by atoms with Crippen molar-refractivity contribution in [2.45, 2.75) is 18.3 Å². The van der Waals surface area contributed by atoms with Crippen molar-refractivity contribution < 1.29 is 28.7 Å². The molecule has 4 aromatic carbocycles. The number of imide groups is 1. The molecule has 8 nitrogen and oxygen atoms in total. The molecule has 218 valence electrons. The van der Waals surface area contributed by atoms with Gasteiger partial charge in [-0.05, 0) is 46.5 Å². The Bertz CT molecular complexity index is 1770. The van der Waals surface area contributed by atoms with Gasteiger partial charge in [-0.3, -0.25) is 19.2 Å². The number of carbonyl (C=O) groups excluding carboxylic acids is 4. The smallest absolute Gasteiger partial charge is 0.316 e. The van der Waals surface area contributed by atoms with E-state index in [1.54, 1.807) is 36.4 Å². The van der Waals surface area contributed by atoms with Gasteiger partial charge in [0.15, 0.2) is 0 Å². The Morgan fingerprint density at radius 3 is 1.89 bits per heavy atom. The number of benzene rings is 4. The molecule has 3 amide bonds. The summed E-state index contributed by atoms with van der Waals surface area (Å²) in [5, 5.41) is 0. The molecule has 0 saturated carbocycles. The number of esters is 1. The molecule has 0 aromatic heterocycles. The first kappa shape index (κ1) is 26.4. The maximum absolute atomic E-state index is 14.1. The van der Waals surface area contributed by atoms with Gasteiger partial charge in [-0.1, -0.05) is 66.7 Å². The van der Waals surface area contributed by atoms with E-state index in [9.17, 15) is 19.2 Å². The maximum Gasteiger partial charge on any atom is 0.316 e. The Hall–Kier alpha value is -5.24. The summed E-state index contributed by atoms with van der Waals surface area (Å²) in [5.74, 6) is -2.57. The maximum atomic E-state index is 14.1. The van der Waals surface area contributed by atoms with E-state index >= 15 is 0 Å². The largest absolute Gasteiger partial charge is 0.495 e. The molecule has 2 heterocycles. The molecule has 2 saturated heterocycles. The number of carbonyl (C=O) groups is 4. The molecule has 4 aromatic rings. The van der Waals surface area contributed by atoms with Crippen LogP contribution in [-0.2, 0) is 19.2 Å². The van der Waals surface area contributed by atoms with Crippen LogP contribution in [0.5, 0.6) is 11.5 Å². The minimum absolute atomic E-state index is 0.00687. The van der Waals surface area contributed by atoms with E-state index in [0.29, 0.717) is 17.1 Å². The highest BCUT2D eigenvalue weighted by Crippen LogP contribution is 2.61. The zero-order chi connectivity index (χ0) is 30.1. The average molecular weight is 585 g/mol. The summed E-state index contributed by atoms with van der Waals surface area (Å²) in [6.45, 7) is 0.161. The monoisotopic (exact) mass is 584 g/mol. The molecule has 5 aliphatic rings. The van der Waals surface area contributed by atoms with Crippen molar-refractivity contribution in [3.8, 4) is 11.5 Å². The standard InChI is InChI=1S/C36H28N2O6/c1-43-28-16-7-6-15-27(28)37-19-20(17-29(37)39)36(42)44-22-10-8-9-21(18-22)38-34(40)32-30-23-11-2-3-12-24(23)31(33(32)35(38)41)26-14-5-4-13-25(26)30/h2-16,18,20,30-33H,17,19H2,1H3/t20-,30?,31?,32-,33+/m0/s1. The van der Waals surface area contributed by atoms with Crippen LogP contribution in [0.15, 0.2) is 97.1 Å². The van der Waals surface area contributed by atoms with Crippen molar-refractivity contribution in [3.63, 3.8) is 0 Å². The van der Waals surface area contributed by atoms with E-state index in [0.717, 1.165) is 22.3 Å². The zero-order valence-corrected chi connectivity index (χ0v) is 23.9. The first-order chi connectivity index (χ1) is 21.5. The highest BCUT2D eigenvalue weighted by atomic mass is 16.5. The Morgan fingerprint density at radius 2 is 1.30 bits per heavy atom. The molecule has 0 unspecified atom stereocenters. The van der Waals surface area contributed by atoms with Crippen molar-refractivity contribution in [1.29, 1.82) is 0 Å². The van der Waals surface area contributed by atoms with Crippen LogP contribution in [0.2, 0.25) is 0 Å². The third-order valence-electron chi connectivity index (χ3n) is 9.58. The molecular formula is C36H28N2O6. The van der Waals surface area contributed by atoms with Crippen LogP contribution >= 0.6 is 0 Å². The summed E-state index contributed by atoms with van der Waals surface area (Å²) in [4.78, 5) is 57.1. The second-order valence-corrected chi connectivity index (χ2v) is 11.8. The van der Waals surface area contributed by atoms with E-state index in [-0.39, 0.29) is 48.3 Å². The Kier molecular flexibility index (Phi) is 5.94. The number of hydrogen-bond acceptors (Lipinski definition) is 6. The third-order valence-corrected chi connectivity index (χ3v) is 9.58. The highest BCUT2D eigenvalue weighted by Gasteiger charge is 2.61. The van der Waals surface area contributed by atoms with Crippen molar-refractivity contribution in [3.05, 3.63) is 119 Å². The van der Waals surface area contributed by atoms with Gasteiger partial charge in [0.05, 0.1) is 36.2 Å². The number of ether oxygens (including phenoxy) is 2. The number of nitrogens with zero attached hydrogens (tertiary/aromatic N) is 2. The summed E-state index contributed by atoms with van der Waals surface area (Å²) in [6, 6.07) is 29.9. The van der Waals surface area contributed by atoms with Crippen LogP contribution in [-0.4, -0.2) is 37.3 Å². The highest BCUT2D eigenvalue weighted by molar-refractivity contribution is 6.23. The lowest BCUT2D eigenvalue weighted by Crippen LogP contribution is -2.41. The Morgan fingerprint density at radius 1 is 0.727 bits per heavy atom. The van der Waals surface area contributed by atoms with Gasteiger partial charge in [0.2, 0.25) is 17.7 Å². The fourth-order valence-corrected chi connectivity index (χ4v) is 7.77. The van der Waals surface area contributed by atoms with Crippen LogP contribution in [0.4, 0.5) is 11.4 Å². The lowest BCUT2D eigenvalue weighted by atomic mass is 9.55. The minimum atomic E-state index is -0.679. The second-order valence-electron chi connectivity index (χ2n) is 11.8. The fourth-order valence-electron chi connectivity index (χ4n) is 7.77. The van der Waals surface area contributed by atoms with Gasteiger partial charge in [0.25, 0.3) is 0 Å². The van der Waals surface area contributed by atoms with Gasteiger partial charge in [-0.2, -0.15) is 0 Å². The summed E-state index contributed by atoms with van der Waals surface area (Å²) >= 11 is 0. The van der Waals surface area contributed by atoms with Crippen molar-refractivity contribution in [2.75, 3.05) is 23.5 Å². The summed E-state index contributed by atoms with van der Waals surface area (Å²) in [6.07, 6.45) is 0.00687. The molecule has 0 N–H and O–H groups in total. The quantitative estimate of drug-likeness (QED) is 0.185. The molecule has 2 bridgehead atoms. The average Bonchev–Trinajstić information content (AvgIpc) is 3.57. The van der Waals surface area contributed by atoms with E-state index in [1.165, 1.54) is 16.9 Å². The first-order valence-corrected chi connectivity index (χ1v) is 14.8. The SMILES string of the molecule is COc1ccccc1N1C[C@@H](C(=O)Oc2cccc(N3C(=O)[C@@H]4C5c6ccccc6C(c6ccccc65)[C@@H]4C3=O)c2)CC1=O. The second kappa shape index (κ2) is 9.91. The summed E-state index contributed by atoms with van der Waals surface area (Å²) in [5.41, 5.74) is 5.40. The van der Waals surface area contributed by atoms with Crippen molar-refractivity contribution in [2.24, 2.45) is 17.8 Å². The van der Waals surface area contributed by atoms with Gasteiger partial charge in [0.1, 0.15) is 11.5 Å². The normalized spacial score (nSPS) is 24.7. The third kappa shape index (κ3) is 3.76.